The summed E-state index contributed by atoms with van der Waals surface area (Å²) in [6.45, 7) is 10.00. The second-order valence-electron chi connectivity index (χ2n) is 4.35. The summed E-state index contributed by atoms with van der Waals surface area (Å²) in [4.78, 5) is 0. The average Bonchev–Trinajstić information content (AvgIpc) is 2.17. The fourth-order valence-electron chi connectivity index (χ4n) is 2.32. The monoisotopic (exact) mass is 212 g/mol. The maximum atomic E-state index is 5.68. The number of hydrogen-bond donors (Lipinski definition) is 0. The molecule has 0 amide bonds. The van der Waals surface area contributed by atoms with Gasteiger partial charge >= 0.3 is 0 Å². The van der Waals surface area contributed by atoms with Gasteiger partial charge in [-0.25, -0.2) is 0 Å². The number of hydrogen-bond acceptors (Lipinski definition) is 2. The van der Waals surface area contributed by atoms with Crippen molar-refractivity contribution >= 4 is 0 Å². The van der Waals surface area contributed by atoms with E-state index in [0.29, 0.717) is 11.8 Å². The SMILES string of the molecule is CCOC(OCC)C1CCC(C)=CC1C. The van der Waals surface area contributed by atoms with E-state index in [0.717, 1.165) is 13.2 Å². The number of allylic oxidation sites excluding steroid dienone is 2. The van der Waals surface area contributed by atoms with Crippen molar-refractivity contribution in [3.05, 3.63) is 11.6 Å². The van der Waals surface area contributed by atoms with Crippen LogP contribution in [0.1, 0.15) is 40.5 Å². The largest absolute Gasteiger partial charge is 0.353 e. The van der Waals surface area contributed by atoms with Crippen LogP contribution in [0, 0.1) is 11.8 Å². The zero-order valence-corrected chi connectivity index (χ0v) is 10.5. The predicted molar refractivity (Wildman–Crippen MR) is 62.7 cm³/mol. The molecule has 0 bridgehead atoms. The van der Waals surface area contributed by atoms with Crippen LogP contribution in [0.5, 0.6) is 0 Å². The zero-order chi connectivity index (χ0) is 11.3. The average molecular weight is 212 g/mol. The van der Waals surface area contributed by atoms with E-state index in [-0.39, 0.29) is 6.29 Å². The molecule has 0 fully saturated rings. The Bertz CT molecular complexity index is 205. The van der Waals surface area contributed by atoms with Crippen LogP contribution in [0.2, 0.25) is 0 Å². The van der Waals surface area contributed by atoms with Gasteiger partial charge in [-0.15, -0.1) is 0 Å². The molecule has 0 saturated carbocycles. The van der Waals surface area contributed by atoms with Crippen LogP contribution in [0.25, 0.3) is 0 Å². The summed E-state index contributed by atoms with van der Waals surface area (Å²) in [6, 6.07) is 0. The van der Waals surface area contributed by atoms with Gasteiger partial charge in [-0.3, -0.25) is 0 Å². The van der Waals surface area contributed by atoms with Gasteiger partial charge in [0.15, 0.2) is 6.29 Å². The molecule has 0 spiro atoms. The van der Waals surface area contributed by atoms with Crippen LogP contribution in [-0.2, 0) is 9.47 Å². The Morgan fingerprint density at radius 2 is 1.93 bits per heavy atom. The van der Waals surface area contributed by atoms with Crippen molar-refractivity contribution in [2.75, 3.05) is 13.2 Å². The quantitative estimate of drug-likeness (QED) is 0.514. The maximum absolute atomic E-state index is 5.68. The molecule has 0 aromatic carbocycles. The molecule has 0 heterocycles. The van der Waals surface area contributed by atoms with Gasteiger partial charge in [0.05, 0.1) is 0 Å². The molecule has 2 unspecified atom stereocenters. The Kier molecular flexibility index (Phi) is 5.34. The first-order chi connectivity index (χ1) is 7.19. The van der Waals surface area contributed by atoms with E-state index in [1.165, 1.54) is 18.4 Å². The van der Waals surface area contributed by atoms with Gasteiger partial charge in [0.2, 0.25) is 0 Å². The van der Waals surface area contributed by atoms with Crippen molar-refractivity contribution in [3.63, 3.8) is 0 Å². The second kappa shape index (κ2) is 6.29. The molecule has 0 aliphatic heterocycles. The Morgan fingerprint density at radius 1 is 1.33 bits per heavy atom. The summed E-state index contributed by atoms with van der Waals surface area (Å²) in [5.41, 5.74) is 1.51. The summed E-state index contributed by atoms with van der Waals surface area (Å²) >= 11 is 0. The fourth-order valence-corrected chi connectivity index (χ4v) is 2.32. The molecule has 88 valence electrons. The first-order valence-electron chi connectivity index (χ1n) is 6.09. The van der Waals surface area contributed by atoms with Gasteiger partial charge in [0, 0.05) is 19.1 Å². The highest BCUT2D eigenvalue weighted by molar-refractivity contribution is 5.06. The minimum Gasteiger partial charge on any atom is -0.353 e. The van der Waals surface area contributed by atoms with Gasteiger partial charge in [0.1, 0.15) is 0 Å². The molecule has 2 nitrogen and oxygen atoms in total. The van der Waals surface area contributed by atoms with E-state index in [4.69, 9.17) is 9.47 Å². The van der Waals surface area contributed by atoms with Crippen LogP contribution in [-0.4, -0.2) is 19.5 Å². The molecular formula is C13H24O2. The van der Waals surface area contributed by atoms with Gasteiger partial charge in [-0.05, 0) is 39.5 Å². The zero-order valence-electron chi connectivity index (χ0n) is 10.5. The topological polar surface area (TPSA) is 18.5 Å². The predicted octanol–water partition coefficient (Wildman–Crippen LogP) is 3.38. The lowest BCUT2D eigenvalue weighted by molar-refractivity contribution is -0.175. The van der Waals surface area contributed by atoms with Crippen LogP contribution in [0.15, 0.2) is 11.6 Å². The summed E-state index contributed by atoms with van der Waals surface area (Å²) < 4.78 is 11.4. The van der Waals surface area contributed by atoms with Crippen molar-refractivity contribution in [3.8, 4) is 0 Å². The van der Waals surface area contributed by atoms with Crippen molar-refractivity contribution < 1.29 is 9.47 Å². The van der Waals surface area contributed by atoms with Crippen molar-refractivity contribution in [1.82, 2.24) is 0 Å². The minimum atomic E-state index is -0.0145. The summed E-state index contributed by atoms with van der Waals surface area (Å²) in [5.74, 6) is 1.09. The van der Waals surface area contributed by atoms with Crippen molar-refractivity contribution in [2.45, 2.75) is 46.8 Å². The Hall–Kier alpha value is -0.340. The third-order valence-electron chi connectivity index (χ3n) is 3.11. The minimum absolute atomic E-state index is 0.0145. The van der Waals surface area contributed by atoms with Gasteiger partial charge in [-0.1, -0.05) is 18.6 Å². The second-order valence-corrected chi connectivity index (χ2v) is 4.35. The lowest BCUT2D eigenvalue weighted by Gasteiger charge is -2.33. The first kappa shape index (κ1) is 12.7. The molecule has 1 aliphatic carbocycles. The molecule has 1 aliphatic rings. The summed E-state index contributed by atoms with van der Waals surface area (Å²) in [6.07, 6.45) is 4.72. The van der Waals surface area contributed by atoms with Crippen molar-refractivity contribution in [2.24, 2.45) is 11.8 Å². The van der Waals surface area contributed by atoms with Crippen LogP contribution in [0.3, 0.4) is 0 Å². The normalized spacial score (nSPS) is 26.9. The van der Waals surface area contributed by atoms with E-state index in [1.54, 1.807) is 0 Å². The first-order valence-corrected chi connectivity index (χ1v) is 6.09. The molecule has 2 atom stereocenters. The lowest BCUT2D eigenvalue weighted by Crippen LogP contribution is -2.33. The fraction of sp³-hybridized carbons (Fsp3) is 0.846. The molecule has 0 saturated heterocycles. The van der Waals surface area contributed by atoms with Gasteiger partial charge < -0.3 is 9.47 Å². The molecule has 0 aromatic rings. The summed E-state index contributed by atoms with van der Waals surface area (Å²) in [5, 5.41) is 0. The van der Waals surface area contributed by atoms with Gasteiger partial charge in [0.25, 0.3) is 0 Å². The third kappa shape index (κ3) is 3.62. The Balaban J connectivity index is 2.59. The van der Waals surface area contributed by atoms with E-state index >= 15 is 0 Å². The molecule has 0 aromatic heterocycles. The third-order valence-corrected chi connectivity index (χ3v) is 3.11. The number of rotatable bonds is 5. The standard InChI is InChI=1S/C13H24O2/c1-5-14-13(15-6-2)12-8-7-10(3)9-11(12)4/h9,11-13H,5-8H2,1-4H3. The molecule has 0 N–H and O–H groups in total. The lowest BCUT2D eigenvalue weighted by atomic mass is 9.81. The van der Waals surface area contributed by atoms with Crippen LogP contribution in [0.4, 0.5) is 0 Å². The number of ether oxygens (including phenoxy) is 2. The molecular weight excluding hydrogens is 188 g/mol. The molecule has 2 heteroatoms. The highest BCUT2D eigenvalue weighted by Gasteiger charge is 2.29. The molecule has 0 radical (unpaired) electrons. The highest BCUT2D eigenvalue weighted by Crippen LogP contribution is 2.32. The smallest absolute Gasteiger partial charge is 0.160 e. The molecule has 1 rings (SSSR count). The molecule has 15 heavy (non-hydrogen) atoms. The summed E-state index contributed by atoms with van der Waals surface area (Å²) in [7, 11) is 0. The van der Waals surface area contributed by atoms with E-state index in [2.05, 4.69) is 19.9 Å². The van der Waals surface area contributed by atoms with Crippen molar-refractivity contribution in [1.29, 1.82) is 0 Å². The Morgan fingerprint density at radius 3 is 2.40 bits per heavy atom. The van der Waals surface area contributed by atoms with E-state index in [1.807, 2.05) is 13.8 Å². The van der Waals surface area contributed by atoms with Crippen LogP contribution < -0.4 is 0 Å². The van der Waals surface area contributed by atoms with E-state index in [9.17, 15) is 0 Å². The maximum Gasteiger partial charge on any atom is 0.160 e. The Labute approximate surface area is 93.7 Å². The van der Waals surface area contributed by atoms with Crippen LogP contribution >= 0.6 is 0 Å². The van der Waals surface area contributed by atoms with E-state index < -0.39 is 0 Å². The van der Waals surface area contributed by atoms with Gasteiger partial charge in [-0.2, -0.15) is 0 Å². The highest BCUT2D eigenvalue weighted by atomic mass is 16.7.